The van der Waals surface area contributed by atoms with Gasteiger partial charge >= 0.3 is 5.37 Å². The zero-order valence-electron chi connectivity index (χ0n) is 4.33. The molecule has 0 aromatic carbocycles. The molecule has 1 aromatic rings. The second-order valence-corrected chi connectivity index (χ2v) is 3.44. The molecule has 48 valence electrons. The average Bonchev–Trinajstić information content (AvgIpc) is 2.15. The van der Waals surface area contributed by atoms with Crippen molar-refractivity contribution >= 4 is 28.5 Å². The molecular weight excluding hydrogens is 159 g/mol. The van der Waals surface area contributed by atoms with E-state index in [1.165, 1.54) is 11.3 Å². The second-order valence-electron chi connectivity index (χ2n) is 1.27. The summed E-state index contributed by atoms with van der Waals surface area (Å²) in [6, 6.07) is 3.47. The van der Waals surface area contributed by atoms with Gasteiger partial charge in [0.1, 0.15) is 0 Å². The summed E-state index contributed by atoms with van der Waals surface area (Å²) >= 11 is 1.97. The molecule has 4 heteroatoms. The number of thiophene rings is 1. The number of hydrogen-bond donors (Lipinski definition) is 0. The Balaban J connectivity index is 2.58. The molecule has 0 fully saturated rings. The van der Waals surface area contributed by atoms with Crippen LogP contribution in [0, 0.1) is 0 Å². The topological polar surface area (TPSA) is 17.1 Å². The largest absolute Gasteiger partial charge is 0.364 e. The van der Waals surface area contributed by atoms with Gasteiger partial charge in [-0.15, -0.1) is 11.3 Å². The van der Waals surface area contributed by atoms with E-state index in [0.717, 1.165) is 0 Å². The van der Waals surface area contributed by atoms with Gasteiger partial charge in [0, 0.05) is 0 Å². The Morgan fingerprint density at radius 1 is 1.78 bits per heavy atom. The molecule has 0 spiro atoms. The van der Waals surface area contributed by atoms with E-state index >= 15 is 0 Å². The van der Waals surface area contributed by atoms with Crippen LogP contribution in [-0.4, -0.2) is 5.37 Å². The van der Waals surface area contributed by atoms with E-state index in [2.05, 4.69) is 0 Å². The highest BCUT2D eigenvalue weighted by Crippen LogP contribution is 2.24. The Hall–Kier alpha value is -0.350. The average molecular weight is 162 g/mol. The van der Waals surface area contributed by atoms with Crippen molar-refractivity contribution in [2.75, 3.05) is 0 Å². The Morgan fingerprint density at radius 2 is 2.56 bits per heavy atom. The van der Waals surface area contributed by atoms with Crippen LogP contribution in [-0.2, 0) is 0 Å². The molecule has 0 aliphatic heterocycles. The zero-order chi connectivity index (χ0) is 6.69. The third-order valence-corrected chi connectivity index (χ3v) is 2.37. The fourth-order valence-corrected chi connectivity index (χ4v) is 1.71. The Morgan fingerprint density at radius 3 is 3.00 bits per heavy atom. The standard InChI is InChI=1S/C5H3FOS2/c6-5(7)9-4-2-1-3-8-4/h1-3H. The van der Waals surface area contributed by atoms with Crippen molar-refractivity contribution < 1.29 is 9.18 Å². The summed E-state index contributed by atoms with van der Waals surface area (Å²) in [4.78, 5) is 9.81. The number of carbonyl (C=O) groups is 1. The normalized spacial score (nSPS) is 9.44. The third kappa shape index (κ3) is 2.15. The summed E-state index contributed by atoms with van der Waals surface area (Å²) in [5.74, 6) is 0. The van der Waals surface area contributed by atoms with E-state index in [1.54, 1.807) is 17.5 Å². The van der Waals surface area contributed by atoms with Gasteiger partial charge in [-0.05, 0) is 23.2 Å². The van der Waals surface area contributed by atoms with E-state index in [1.807, 2.05) is 0 Å². The maximum atomic E-state index is 11.6. The molecule has 0 bridgehead atoms. The highest BCUT2D eigenvalue weighted by atomic mass is 32.2. The second kappa shape index (κ2) is 2.98. The molecule has 0 aliphatic rings. The van der Waals surface area contributed by atoms with Gasteiger partial charge in [0.25, 0.3) is 0 Å². The summed E-state index contributed by atoms with van der Waals surface area (Å²) in [7, 11) is 0. The minimum absolute atomic E-state index is 0.618. The lowest BCUT2D eigenvalue weighted by atomic mass is 10.7. The molecule has 0 atom stereocenters. The molecule has 0 N–H and O–H groups in total. The van der Waals surface area contributed by atoms with Crippen molar-refractivity contribution in [3.63, 3.8) is 0 Å². The number of carbonyl (C=O) groups excluding carboxylic acids is 1. The highest BCUT2D eigenvalue weighted by Gasteiger charge is 2.00. The molecule has 1 aromatic heterocycles. The van der Waals surface area contributed by atoms with Gasteiger partial charge in [-0.2, -0.15) is 4.39 Å². The van der Waals surface area contributed by atoms with Crippen molar-refractivity contribution in [3.05, 3.63) is 17.5 Å². The fourth-order valence-electron chi connectivity index (χ4n) is 0.401. The third-order valence-electron chi connectivity index (χ3n) is 0.676. The Bertz CT molecular complexity index is 195. The fraction of sp³-hybridized carbons (Fsp3) is 0. The smallest absolute Gasteiger partial charge is 0.247 e. The van der Waals surface area contributed by atoms with Crippen LogP contribution in [0.5, 0.6) is 0 Å². The van der Waals surface area contributed by atoms with E-state index in [4.69, 9.17) is 0 Å². The van der Waals surface area contributed by atoms with Crippen LogP contribution in [0.2, 0.25) is 0 Å². The van der Waals surface area contributed by atoms with Gasteiger partial charge < -0.3 is 0 Å². The molecule has 0 unspecified atom stereocenters. The summed E-state index contributed by atoms with van der Waals surface area (Å²) in [6.45, 7) is 0. The summed E-state index contributed by atoms with van der Waals surface area (Å²) in [5, 5.41) is 0.447. The lowest BCUT2D eigenvalue weighted by Crippen LogP contribution is -1.68. The van der Waals surface area contributed by atoms with Crippen molar-refractivity contribution in [1.82, 2.24) is 0 Å². The first-order valence-corrected chi connectivity index (χ1v) is 3.89. The molecule has 1 heterocycles. The predicted molar refractivity (Wildman–Crippen MR) is 36.7 cm³/mol. The predicted octanol–water partition coefficient (Wildman–Crippen LogP) is 2.93. The van der Waals surface area contributed by atoms with Crippen molar-refractivity contribution in [3.8, 4) is 0 Å². The maximum absolute atomic E-state index is 11.6. The van der Waals surface area contributed by atoms with Crippen molar-refractivity contribution in [1.29, 1.82) is 0 Å². The molecule has 1 nitrogen and oxygen atoms in total. The molecule has 9 heavy (non-hydrogen) atoms. The van der Waals surface area contributed by atoms with Gasteiger partial charge in [0.2, 0.25) is 0 Å². The number of rotatable bonds is 1. The zero-order valence-corrected chi connectivity index (χ0v) is 5.97. The minimum Gasteiger partial charge on any atom is -0.247 e. The number of hydrogen-bond acceptors (Lipinski definition) is 3. The lowest BCUT2D eigenvalue weighted by Gasteiger charge is -1.82. The van der Waals surface area contributed by atoms with Gasteiger partial charge in [0.05, 0.1) is 4.21 Å². The molecule has 1 rings (SSSR count). The van der Waals surface area contributed by atoms with E-state index in [0.29, 0.717) is 16.0 Å². The lowest BCUT2D eigenvalue weighted by molar-refractivity contribution is 0.245. The van der Waals surface area contributed by atoms with Gasteiger partial charge in [0.15, 0.2) is 0 Å². The SMILES string of the molecule is O=C(F)Sc1cccs1. The van der Waals surface area contributed by atoms with E-state index in [-0.39, 0.29) is 0 Å². The molecule has 0 aliphatic carbocycles. The molecule has 0 radical (unpaired) electrons. The monoisotopic (exact) mass is 162 g/mol. The van der Waals surface area contributed by atoms with Crippen molar-refractivity contribution in [2.24, 2.45) is 0 Å². The number of halogens is 1. The molecular formula is C5H3FOS2. The van der Waals surface area contributed by atoms with Crippen LogP contribution >= 0.6 is 23.1 Å². The van der Waals surface area contributed by atoms with Crippen LogP contribution in [0.15, 0.2) is 21.7 Å². The first-order chi connectivity index (χ1) is 4.29. The molecule has 0 saturated carbocycles. The Kier molecular flexibility index (Phi) is 2.24. The van der Waals surface area contributed by atoms with Crippen LogP contribution in [0.1, 0.15) is 0 Å². The van der Waals surface area contributed by atoms with Gasteiger partial charge in [-0.1, -0.05) is 6.07 Å². The molecule has 0 saturated heterocycles. The number of thioether (sulfide) groups is 1. The van der Waals surface area contributed by atoms with Gasteiger partial charge in [-0.3, -0.25) is 0 Å². The van der Waals surface area contributed by atoms with Crippen LogP contribution in [0.3, 0.4) is 0 Å². The summed E-state index contributed by atoms with van der Waals surface area (Å²) < 4.78 is 12.3. The van der Waals surface area contributed by atoms with E-state index in [9.17, 15) is 9.18 Å². The first kappa shape index (κ1) is 6.77. The van der Waals surface area contributed by atoms with Crippen molar-refractivity contribution in [2.45, 2.75) is 4.21 Å². The summed E-state index contributed by atoms with van der Waals surface area (Å²) in [5.41, 5.74) is 0. The van der Waals surface area contributed by atoms with Gasteiger partial charge in [-0.25, -0.2) is 4.79 Å². The maximum Gasteiger partial charge on any atom is 0.364 e. The summed E-state index contributed by atoms with van der Waals surface area (Å²) in [6.07, 6.45) is 0. The Labute approximate surface area is 59.9 Å². The van der Waals surface area contributed by atoms with Crippen LogP contribution in [0.25, 0.3) is 0 Å². The molecule has 0 amide bonds. The van der Waals surface area contributed by atoms with Crippen LogP contribution in [0.4, 0.5) is 9.18 Å². The van der Waals surface area contributed by atoms with Crippen LogP contribution < -0.4 is 0 Å². The highest BCUT2D eigenvalue weighted by molar-refractivity contribution is 8.14. The minimum atomic E-state index is -1.35. The first-order valence-electron chi connectivity index (χ1n) is 2.20. The quantitative estimate of drug-likeness (QED) is 0.466. The van der Waals surface area contributed by atoms with E-state index < -0.39 is 5.37 Å².